The van der Waals surface area contributed by atoms with E-state index in [-0.39, 0.29) is 6.54 Å². The van der Waals surface area contributed by atoms with Crippen molar-refractivity contribution in [3.8, 4) is 11.3 Å². The maximum Gasteiger partial charge on any atom is 0.416 e. The Morgan fingerprint density at radius 3 is 2.30 bits per heavy atom. The number of ether oxygens (including phenoxy) is 1. The Bertz CT molecular complexity index is 1290. The van der Waals surface area contributed by atoms with E-state index >= 15 is 0 Å². The highest BCUT2D eigenvalue weighted by atomic mass is 19.4. The standard InChI is InChI=1S/C31H32F3N3O3/c1-40-30(39)28(22-36-19-5-2-6-20-36)37(21-24-8-13-25(14-9-24)27-7-3-4-18-35-27)29(38)17-12-23-10-15-26(16-11-23)31(32,33)34/h3-4,7-18,28H,2,5-6,19-22H2,1H3/b17-12+. The lowest BCUT2D eigenvalue weighted by molar-refractivity contribution is -0.152. The molecule has 0 spiro atoms. The van der Waals surface area contributed by atoms with Crippen LogP contribution >= 0.6 is 0 Å². The summed E-state index contributed by atoms with van der Waals surface area (Å²) < 4.78 is 43.9. The second kappa shape index (κ2) is 13.4. The first-order chi connectivity index (χ1) is 19.2. The smallest absolute Gasteiger partial charge is 0.416 e. The molecule has 1 unspecified atom stereocenters. The van der Waals surface area contributed by atoms with Crippen LogP contribution in [0.2, 0.25) is 0 Å². The lowest BCUT2D eigenvalue weighted by Gasteiger charge is -2.35. The second-order valence-corrected chi connectivity index (χ2v) is 9.73. The first kappa shape index (κ1) is 29.0. The Hall–Kier alpha value is -3.98. The van der Waals surface area contributed by atoms with Crippen molar-refractivity contribution >= 4 is 18.0 Å². The van der Waals surface area contributed by atoms with Gasteiger partial charge in [0.1, 0.15) is 6.04 Å². The van der Waals surface area contributed by atoms with Crippen molar-refractivity contribution in [1.29, 1.82) is 0 Å². The van der Waals surface area contributed by atoms with E-state index in [4.69, 9.17) is 4.74 Å². The third-order valence-electron chi connectivity index (χ3n) is 6.94. The molecule has 3 aromatic rings. The third kappa shape index (κ3) is 7.79. The minimum absolute atomic E-state index is 0.145. The van der Waals surface area contributed by atoms with Gasteiger partial charge in [-0.3, -0.25) is 9.78 Å². The van der Waals surface area contributed by atoms with E-state index in [0.29, 0.717) is 12.1 Å². The Morgan fingerprint density at radius 2 is 1.70 bits per heavy atom. The van der Waals surface area contributed by atoms with Gasteiger partial charge in [-0.15, -0.1) is 0 Å². The molecular weight excluding hydrogens is 519 g/mol. The average molecular weight is 552 g/mol. The van der Waals surface area contributed by atoms with Gasteiger partial charge >= 0.3 is 12.1 Å². The maximum atomic E-state index is 13.6. The zero-order valence-corrected chi connectivity index (χ0v) is 22.3. The van der Waals surface area contributed by atoms with Crippen LogP contribution in [0.15, 0.2) is 79.0 Å². The number of aromatic nitrogens is 1. The summed E-state index contributed by atoms with van der Waals surface area (Å²) in [6, 6.07) is 16.9. The van der Waals surface area contributed by atoms with Crippen molar-refractivity contribution in [3.63, 3.8) is 0 Å². The molecule has 0 bridgehead atoms. The van der Waals surface area contributed by atoms with Crippen molar-refractivity contribution < 1.29 is 27.5 Å². The molecule has 6 nitrogen and oxygen atoms in total. The number of rotatable bonds is 9. The number of hydrogen-bond donors (Lipinski definition) is 0. The predicted molar refractivity (Wildman–Crippen MR) is 147 cm³/mol. The number of carbonyl (C=O) groups is 2. The van der Waals surface area contributed by atoms with Gasteiger partial charge in [-0.2, -0.15) is 13.2 Å². The molecule has 1 atom stereocenters. The van der Waals surface area contributed by atoms with Gasteiger partial charge in [0, 0.05) is 30.9 Å². The van der Waals surface area contributed by atoms with Crippen LogP contribution in [0.1, 0.15) is 36.0 Å². The molecular formula is C31H32F3N3O3. The van der Waals surface area contributed by atoms with E-state index in [1.165, 1.54) is 36.3 Å². The largest absolute Gasteiger partial charge is 0.467 e. The Morgan fingerprint density at radius 1 is 1.00 bits per heavy atom. The van der Waals surface area contributed by atoms with Crippen LogP contribution in [-0.4, -0.2) is 59.4 Å². The van der Waals surface area contributed by atoms with Crippen LogP contribution < -0.4 is 0 Å². The summed E-state index contributed by atoms with van der Waals surface area (Å²) in [5, 5.41) is 0. The molecule has 40 heavy (non-hydrogen) atoms. The van der Waals surface area contributed by atoms with Crippen LogP contribution in [0.25, 0.3) is 17.3 Å². The molecule has 1 aliphatic heterocycles. The molecule has 0 radical (unpaired) electrons. The number of alkyl halides is 3. The normalized spacial score (nSPS) is 15.1. The Balaban J connectivity index is 1.59. The van der Waals surface area contributed by atoms with E-state index in [0.717, 1.165) is 61.3 Å². The average Bonchev–Trinajstić information content (AvgIpc) is 2.98. The highest BCUT2D eigenvalue weighted by Crippen LogP contribution is 2.29. The Kier molecular flexibility index (Phi) is 9.71. The predicted octanol–water partition coefficient (Wildman–Crippen LogP) is 5.84. The van der Waals surface area contributed by atoms with Gasteiger partial charge in [-0.1, -0.05) is 48.9 Å². The lowest BCUT2D eigenvalue weighted by atomic mass is 10.1. The van der Waals surface area contributed by atoms with Gasteiger partial charge in [0.05, 0.1) is 18.4 Å². The number of esters is 1. The first-order valence-corrected chi connectivity index (χ1v) is 13.2. The summed E-state index contributed by atoms with van der Waals surface area (Å²) in [6.45, 7) is 2.14. The fourth-order valence-corrected chi connectivity index (χ4v) is 4.72. The fourth-order valence-electron chi connectivity index (χ4n) is 4.72. The zero-order valence-electron chi connectivity index (χ0n) is 22.3. The summed E-state index contributed by atoms with van der Waals surface area (Å²) in [5.74, 6) is -0.965. The van der Waals surface area contributed by atoms with Crippen molar-refractivity contribution in [2.75, 3.05) is 26.7 Å². The molecule has 2 heterocycles. The summed E-state index contributed by atoms with van der Waals surface area (Å²) in [4.78, 5) is 34.5. The summed E-state index contributed by atoms with van der Waals surface area (Å²) >= 11 is 0. The summed E-state index contributed by atoms with van der Waals surface area (Å²) in [6.07, 6.45) is 3.18. The summed E-state index contributed by atoms with van der Waals surface area (Å²) in [7, 11) is 1.30. The highest BCUT2D eigenvalue weighted by Gasteiger charge is 2.32. The topological polar surface area (TPSA) is 62.7 Å². The monoisotopic (exact) mass is 551 g/mol. The second-order valence-electron chi connectivity index (χ2n) is 9.73. The molecule has 1 aromatic heterocycles. The van der Waals surface area contributed by atoms with Gasteiger partial charge in [0.2, 0.25) is 5.91 Å². The molecule has 0 aliphatic carbocycles. The molecule has 210 valence electrons. The molecule has 1 amide bonds. The fraction of sp³-hybridized carbons (Fsp3) is 0.323. The number of nitrogens with zero attached hydrogens (tertiary/aromatic N) is 3. The number of methoxy groups -OCH3 is 1. The highest BCUT2D eigenvalue weighted by molar-refractivity contribution is 5.94. The van der Waals surface area contributed by atoms with Crippen LogP contribution in [0, 0.1) is 0 Å². The van der Waals surface area contributed by atoms with Crippen molar-refractivity contribution in [2.24, 2.45) is 0 Å². The van der Waals surface area contributed by atoms with Crippen molar-refractivity contribution in [1.82, 2.24) is 14.8 Å². The van der Waals surface area contributed by atoms with Gasteiger partial charge < -0.3 is 14.5 Å². The van der Waals surface area contributed by atoms with E-state index in [1.807, 2.05) is 42.5 Å². The van der Waals surface area contributed by atoms with Crippen LogP contribution in [0.4, 0.5) is 13.2 Å². The zero-order chi connectivity index (χ0) is 28.5. The van der Waals surface area contributed by atoms with Gasteiger partial charge in [0.25, 0.3) is 0 Å². The van der Waals surface area contributed by atoms with Gasteiger partial charge in [0.15, 0.2) is 0 Å². The maximum absolute atomic E-state index is 13.6. The minimum Gasteiger partial charge on any atom is -0.467 e. The Labute approximate surface area is 232 Å². The number of pyridine rings is 1. The van der Waals surface area contributed by atoms with Crippen molar-refractivity contribution in [2.45, 2.75) is 38.0 Å². The van der Waals surface area contributed by atoms with E-state index < -0.39 is 29.7 Å². The van der Waals surface area contributed by atoms with E-state index in [2.05, 4.69) is 9.88 Å². The molecule has 0 saturated carbocycles. The summed E-state index contributed by atoms with van der Waals surface area (Å²) in [5.41, 5.74) is 2.22. The van der Waals surface area contributed by atoms with Crippen LogP contribution in [0.3, 0.4) is 0 Å². The minimum atomic E-state index is -4.44. The quantitative estimate of drug-likeness (QED) is 0.247. The number of halogens is 3. The van der Waals surface area contributed by atoms with Gasteiger partial charge in [-0.05, 0) is 67.4 Å². The molecule has 4 rings (SSSR count). The number of likely N-dealkylation sites (tertiary alicyclic amines) is 1. The first-order valence-electron chi connectivity index (χ1n) is 13.2. The lowest BCUT2D eigenvalue weighted by Crippen LogP contribution is -2.51. The third-order valence-corrected chi connectivity index (χ3v) is 6.94. The number of hydrogen-bond acceptors (Lipinski definition) is 5. The number of amides is 1. The van der Waals surface area contributed by atoms with Crippen molar-refractivity contribution in [3.05, 3.63) is 95.7 Å². The molecule has 0 N–H and O–H groups in total. The van der Waals surface area contributed by atoms with Crippen LogP contribution in [-0.2, 0) is 27.0 Å². The van der Waals surface area contributed by atoms with E-state index in [1.54, 1.807) is 6.20 Å². The SMILES string of the molecule is COC(=O)C(CN1CCCCC1)N(Cc1ccc(-c2ccccn2)cc1)C(=O)/C=C/c1ccc(C(F)(F)F)cc1. The molecule has 2 aromatic carbocycles. The number of piperidine rings is 1. The van der Waals surface area contributed by atoms with Crippen LogP contribution in [0.5, 0.6) is 0 Å². The number of benzene rings is 2. The van der Waals surface area contributed by atoms with E-state index in [9.17, 15) is 22.8 Å². The molecule has 1 fully saturated rings. The number of carbonyl (C=O) groups excluding carboxylic acids is 2. The molecule has 1 aliphatic rings. The van der Waals surface area contributed by atoms with Gasteiger partial charge in [-0.25, -0.2) is 4.79 Å². The molecule has 9 heteroatoms. The molecule has 1 saturated heterocycles.